The zero-order valence-corrected chi connectivity index (χ0v) is 3.34. The molecule has 1 N–H and O–H groups in total. The average Bonchev–Trinajstić information content (AvgIpc) is 1.87. The molecule has 1 heterocycles. The first-order valence-electron chi connectivity index (χ1n) is 1.60. The van der Waals surface area contributed by atoms with Crippen LogP contribution in [-0.4, -0.2) is 10.2 Å². The number of nitrogens with one attached hydrogen (secondary N) is 1. The molecule has 1 aromatic heterocycles. The molecule has 4 heteroatoms. The van der Waals surface area contributed by atoms with E-state index in [-0.39, 0.29) is 5.89 Å². The molecule has 0 fully saturated rings. The standard InChI is InChI=1S/C3H2N2O2/c1-2-4-5-3(6)7-2/h1H,(H,5,6). The molecule has 2 radical (unpaired) electrons. The van der Waals surface area contributed by atoms with Crippen LogP contribution in [-0.2, 0) is 0 Å². The lowest BCUT2D eigenvalue weighted by Gasteiger charge is -1.62. The fourth-order valence-electron chi connectivity index (χ4n) is 0.241. The topological polar surface area (TPSA) is 58.9 Å². The summed E-state index contributed by atoms with van der Waals surface area (Å²) in [6.07, 6.45) is 0. The second kappa shape index (κ2) is 1.22. The Balaban J connectivity index is 3.30. The maximum Gasteiger partial charge on any atom is 0.434 e. The van der Waals surface area contributed by atoms with Gasteiger partial charge in [0.25, 0.3) is 0 Å². The fourth-order valence-corrected chi connectivity index (χ4v) is 0.241. The van der Waals surface area contributed by atoms with Crippen molar-refractivity contribution in [2.45, 2.75) is 0 Å². The minimum absolute atomic E-state index is 0.134. The molecule has 1 rings (SSSR count). The van der Waals surface area contributed by atoms with Crippen LogP contribution in [0.25, 0.3) is 0 Å². The molecule has 0 unspecified atom stereocenters. The Kier molecular flexibility index (Phi) is 0.714. The van der Waals surface area contributed by atoms with E-state index in [1.807, 2.05) is 5.10 Å². The van der Waals surface area contributed by atoms with Crippen LogP contribution in [0.5, 0.6) is 0 Å². The third-order valence-electron chi connectivity index (χ3n) is 0.455. The van der Waals surface area contributed by atoms with Gasteiger partial charge < -0.3 is 4.42 Å². The monoisotopic (exact) mass is 98.0 g/mol. The van der Waals surface area contributed by atoms with Gasteiger partial charge in [-0.05, 0) is 0 Å². The second-order valence-electron chi connectivity index (χ2n) is 0.951. The van der Waals surface area contributed by atoms with E-state index in [1.165, 1.54) is 0 Å². The van der Waals surface area contributed by atoms with E-state index in [9.17, 15) is 4.79 Å². The molecule has 0 saturated heterocycles. The maximum atomic E-state index is 9.93. The summed E-state index contributed by atoms with van der Waals surface area (Å²) in [6.45, 7) is 4.87. The maximum absolute atomic E-state index is 9.93. The molecule has 7 heavy (non-hydrogen) atoms. The Morgan fingerprint density at radius 1 is 1.86 bits per heavy atom. The highest BCUT2D eigenvalue weighted by Gasteiger charge is 1.87. The molecule has 4 nitrogen and oxygen atoms in total. The number of H-pyrrole nitrogens is 1. The molecule has 36 valence electrons. The van der Waals surface area contributed by atoms with Gasteiger partial charge in [-0.2, -0.15) is 0 Å². The van der Waals surface area contributed by atoms with Crippen LogP contribution in [0.3, 0.4) is 0 Å². The highest BCUT2D eigenvalue weighted by Crippen LogP contribution is 1.76. The van der Waals surface area contributed by atoms with E-state index < -0.39 is 5.76 Å². The van der Waals surface area contributed by atoms with Crippen LogP contribution in [0, 0.1) is 6.92 Å². The summed E-state index contributed by atoms with van der Waals surface area (Å²) >= 11 is 0. The van der Waals surface area contributed by atoms with E-state index in [4.69, 9.17) is 6.92 Å². The van der Waals surface area contributed by atoms with Gasteiger partial charge in [0.2, 0.25) is 5.89 Å². The third-order valence-corrected chi connectivity index (χ3v) is 0.455. The minimum Gasteiger partial charge on any atom is -0.392 e. The second-order valence-corrected chi connectivity index (χ2v) is 0.951. The number of rotatable bonds is 0. The van der Waals surface area contributed by atoms with Crippen LogP contribution >= 0.6 is 0 Å². The van der Waals surface area contributed by atoms with Gasteiger partial charge in [-0.25, -0.2) is 9.89 Å². The van der Waals surface area contributed by atoms with Crippen molar-refractivity contribution in [1.82, 2.24) is 10.2 Å². The lowest BCUT2D eigenvalue weighted by Crippen LogP contribution is -1.93. The van der Waals surface area contributed by atoms with E-state index >= 15 is 0 Å². The van der Waals surface area contributed by atoms with Crippen LogP contribution in [0.4, 0.5) is 0 Å². The number of aromatic amines is 1. The van der Waals surface area contributed by atoms with Crippen molar-refractivity contribution in [3.05, 3.63) is 23.4 Å². The van der Waals surface area contributed by atoms with Gasteiger partial charge in [0, 0.05) is 0 Å². The average molecular weight is 98.1 g/mol. The quantitative estimate of drug-likeness (QED) is 0.472. The van der Waals surface area contributed by atoms with E-state index in [1.54, 1.807) is 0 Å². The molecule has 1 aromatic rings. The van der Waals surface area contributed by atoms with Gasteiger partial charge in [-0.15, -0.1) is 5.10 Å². The number of aromatic nitrogens is 2. The first kappa shape index (κ1) is 4.11. The highest BCUT2D eigenvalue weighted by atomic mass is 16.4. The number of hydrogen-bond donors (Lipinski definition) is 1. The van der Waals surface area contributed by atoms with Gasteiger partial charge in [0.15, 0.2) is 0 Å². The summed E-state index contributed by atoms with van der Waals surface area (Å²) in [6, 6.07) is 0. The molecule has 0 aliphatic rings. The van der Waals surface area contributed by atoms with Crippen LogP contribution in [0.2, 0.25) is 0 Å². The number of hydrogen-bond acceptors (Lipinski definition) is 3. The van der Waals surface area contributed by atoms with E-state index in [0.29, 0.717) is 0 Å². The predicted octanol–water partition coefficient (Wildman–Crippen LogP) is -0.578. The first-order chi connectivity index (χ1) is 3.29. The molecule has 0 atom stereocenters. The molecule has 0 aromatic carbocycles. The van der Waals surface area contributed by atoms with Crippen molar-refractivity contribution >= 4 is 0 Å². The Bertz CT molecular complexity index is 199. The molecule has 0 amide bonds. The molecule has 0 aliphatic heterocycles. The number of nitrogens with zero attached hydrogens (tertiary/aromatic N) is 1. The Morgan fingerprint density at radius 3 is 2.71 bits per heavy atom. The van der Waals surface area contributed by atoms with Crippen molar-refractivity contribution in [3.63, 3.8) is 0 Å². The molecule has 0 aliphatic carbocycles. The molecule has 0 bridgehead atoms. The third kappa shape index (κ3) is 0.677. The largest absolute Gasteiger partial charge is 0.434 e. The first-order valence-corrected chi connectivity index (χ1v) is 1.60. The Hall–Kier alpha value is -1.06. The molecule has 0 saturated carbocycles. The SMILES string of the molecule is [CH]c1n[nH]c(=O)o1. The van der Waals surface area contributed by atoms with Crippen molar-refractivity contribution < 1.29 is 4.42 Å². The van der Waals surface area contributed by atoms with Crippen molar-refractivity contribution in [3.8, 4) is 0 Å². The van der Waals surface area contributed by atoms with Crippen molar-refractivity contribution in [2.24, 2.45) is 0 Å². The van der Waals surface area contributed by atoms with Crippen LogP contribution in [0.15, 0.2) is 9.21 Å². The smallest absolute Gasteiger partial charge is 0.392 e. The van der Waals surface area contributed by atoms with E-state index in [0.717, 1.165) is 0 Å². The highest BCUT2D eigenvalue weighted by molar-refractivity contribution is 4.75. The Morgan fingerprint density at radius 2 is 2.57 bits per heavy atom. The summed E-state index contributed by atoms with van der Waals surface area (Å²) < 4.78 is 4.14. The summed E-state index contributed by atoms with van der Waals surface area (Å²) in [5.74, 6) is -0.762. The summed E-state index contributed by atoms with van der Waals surface area (Å²) in [5.41, 5.74) is 0. The lowest BCUT2D eigenvalue weighted by atomic mass is 10.8. The summed E-state index contributed by atoms with van der Waals surface area (Å²) in [7, 11) is 0. The summed E-state index contributed by atoms with van der Waals surface area (Å²) in [4.78, 5) is 9.93. The molecular formula is C3H2N2O2. The summed E-state index contributed by atoms with van der Waals surface area (Å²) in [5, 5.41) is 5.16. The fraction of sp³-hybridized carbons (Fsp3) is 0. The van der Waals surface area contributed by atoms with Gasteiger partial charge in [-0.3, -0.25) is 0 Å². The van der Waals surface area contributed by atoms with Gasteiger partial charge >= 0.3 is 5.76 Å². The van der Waals surface area contributed by atoms with Gasteiger partial charge in [0.1, 0.15) is 0 Å². The molecular weight excluding hydrogens is 96.0 g/mol. The zero-order chi connectivity index (χ0) is 5.28. The minimum atomic E-state index is -0.627. The lowest BCUT2D eigenvalue weighted by molar-refractivity contribution is 0.496. The van der Waals surface area contributed by atoms with Crippen molar-refractivity contribution in [1.29, 1.82) is 0 Å². The van der Waals surface area contributed by atoms with Crippen LogP contribution in [0.1, 0.15) is 5.89 Å². The van der Waals surface area contributed by atoms with E-state index in [2.05, 4.69) is 9.52 Å². The Labute approximate surface area is 39.2 Å². The van der Waals surface area contributed by atoms with Gasteiger partial charge in [0.05, 0.1) is 6.92 Å². The normalized spacial score (nSPS) is 9.29. The zero-order valence-electron chi connectivity index (χ0n) is 3.34. The van der Waals surface area contributed by atoms with Crippen molar-refractivity contribution in [2.75, 3.05) is 0 Å². The predicted molar refractivity (Wildman–Crippen MR) is 20.5 cm³/mol. The van der Waals surface area contributed by atoms with Crippen LogP contribution < -0.4 is 5.76 Å². The molecule has 0 spiro atoms. The van der Waals surface area contributed by atoms with Gasteiger partial charge in [-0.1, -0.05) is 0 Å².